The van der Waals surface area contributed by atoms with Gasteiger partial charge < -0.3 is 9.80 Å². The fraction of sp³-hybridized carbons (Fsp3) is 0.462. The van der Waals surface area contributed by atoms with E-state index in [4.69, 9.17) is 23.8 Å². The van der Waals surface area contributed by atoms with Crippen LogP contribution >= 0.6 is 23.8 Å². The third-order valence-electron chi connectivity index (χ3n) is 3.90. The molecule has 1 aromatic carbocycles. The minimum Gasteiger partial charge on any atom is -0.343 e. The van der Waals surface area contributed by atoms with Crippen LogP contribution in [0.25, 0.3) is 0 Å². The first-order valence-corrected chi connectivity index (χ1v) is 9.09. The summed E-state index contributed by atoms with van der Waals surface area (Å²) in [4.78, 5) is 3.95. The minimum absolute atomic E-state index is 0.0449. The van der Waals surface area contributed by atoms with Crippen LogP contribution in [0.3, 0.4) is 0 Å². The summed E-state index contributed by atoms with van der Waals surface area (Å²) < 4.78 is 23.9. The average Bonchev–Trinajstić information content (AvgIpc) is 2.78. The molecule has 0 spiro atoms. The summed E-state index contributed by atoms with van der Waals surface area (Å²) in [5, 5.41) is 1.32. The van der Waals surface area contributed by atoms with Crippen LogP contribution in [-0.4, -0.2) is 48.6 Å². The highest BCUT2D eigenvalue weighted by Crippen LogP contribution is 2.35. The Hall–Kier alpha value is -0.850. The highest BCUT2D eigenvalue weighted by Gasteiger charge is 2.51. The zero-order valence-corrected chi connectivity index (χ0v) is 13.4. The molecule has 0 unspecified atom stereocenters. The lowest BCUT2D eigenvalue weighted by atomic mass is 10.1. The molecular weight excluding hydrogens is 316 g/mol. The molecular formula is C13H15ClN2O2S2. The van der Waals surface area contributed by atoms with Crippen LogP contribution < -0.4 is 4.90 Å². The Balaban J connectivity index is 2.04. The van der Waals surface area contributed by atoms with Crippen LogP contribution in [0, 0.1) is 0 Å². The van der Waals surface area contributed by atoms with E-state index >= 15 is 0 Å². The van der Waals surface area contributed by atoms with Crippen molar-refractivity contribution in [1.82, 2.24) is 4.90 Å². The number of anilines is 1. The maximum atomic E-state index is 11.9. The topological polar surface area (TPSA) is 40.6 Å². The van der Waals surface area contributed by atoms with Crippen molar-refractivity contribution < 1.29 is 8.42 Å². The van der Waals surface area contributed by atoms with Gasteiger partial charge in [0, 0.05) is 17.3 Å². The van der Waals surface area contributed by atoms with Crippen LogP contribution in [0.2, 0.25) is 5.02 Å². The smallest absolute Gasteiger partial charge is 0.176 e. The predicted octanol–water partition coefficient (Wildman–Crippen LogP) is 1.93. The van der Waals surface area contributed by atoms with Crippen molar-refractivity contribution in [2.45, 2.75) is 19.0 Å². The second kappa shape index (κ2) is 4.86. The van der Waals surface area contributed by atoms with Gasteiger partial charge in [-0.2, -0.15) is 0 Å². The molecule has 2 fully saturated rings. The zero-order valence-electron chi connectivity index (χ0n) is 11.0. The first-order valence-electron chi connectivity index (χ1n) is 6.49. The Morgan fingerprint density at radius 2 is 2.05 bits per heavy atom. The normalized spacial score (nSPS) is 28.0. The van der Waals surface area contributed by atoms with Gasteiger partial charge in [-0.1, -0.05) is 17.7 Å². The lowest BCUT2D eigenvalue weighted by Gasteiger charge is -2.24. The fourth-order valence-electron chi connectivity index (χ4n) is 3.07. The Morgan fingerprint density at radius 3 is 2.70 bits per heavy atom. The first kappa shape index (κ1) is 14.1. The van der Waals surface area contributed by atoms with Crippen molar-refractivity contribution in [2.24, 2.45) is 0 Å². The largest absolute Gasteiger partial charge is 0.343 e. The highest BCUT2D eigenvalue weighted by molar-refractivity contribution is 7.91. The molecule has 2 heterocycles. The van der Waals surface area contributed by atoms with Gasteiger partial charge in [0.25, 0.3) is 0 Å². The fourth-order valence-corrected chi connectivity index (χ4v) is 5.71. The molecule has 20 heavy (non-hydrogen) atoms. The molecule has 3 rings (SSSR count). The highest BCUT2D eigenvalue weighted by atomic mass is 35.5. The van der Waals surface area contributed by atoms with Gasteiger partial charge in [0.05, 0.1) is 23.6 Å². The molecule has 0 saturated carbocycles. The number of nitrogens with zero attached hydrogens (tertiary/aromatic N) is 2. The molecule has 0 aliphatic carbocycles. The second-order valence-corrected chi connectivity index (χ2v) is 8.09. The van der Waals surface area contributed by atoms with E-state index in [1.165, 1.54) is 0 Å². The second-order valence-electron chi connectivity index (χ2n) is 5.13. The Bertz CT molecular complexity index is 662. The number of halogens is 1. The summed E-state index contributed by atoms with van der Waals surface area (Å²) in [5.41, 5.74) is 0.866. The number of hydrogen-bond acceptors (Lipinski definition) is 3. The first-order chi connectivity index (χ1) is 9.43. The molecule has 0 bridgehead atoms. The van der Waals surface area contributed by atoms with Crippen LogP contribution in [0.4, 0.5) is 5.69 Å². The minimum atomic E-state index is -3.00. The Kier molecular flexibility index (Phi) is 3.43. The summed E-state index contributed by atoms with van der Waals surface area (Å²) in [6.45, 7) is 2.71. The van der Waals surface area contributed by atoms with Gasteiger partial charge in [-0.25, -0.2) is 8.42 Å². The molecule has 4 nitrogen and oxygen atoms in total. The zero-order chi connectivity index (χ0) is 14.5. The van der Waals surface area contributed by atoms with Gasteiger partial charge >= 0.3 is 0 Å². The van der Waals surface area contributed by atoms with E-state index in [1.807, 2.05) is 34.9 Å². The maximum Gasteiger partial charge on any atom is 0.176 e. The van der Waals surface area contributed by atoms with Crippen molar-refractivity contribution in [3.63, 3.8) is 0 Å². The monoisotopic (exact) mass is 330 g/mol. The number of benzene rings is 1. The van der Waals surface area contributed by atoms with Crippen LogP contribution in [-0.2, 0) is 9.84 Å². The maximum absolute atomic E-state index is 11.9. The summed E-state index contributed by atoms with van der Waals surface area (Å²) in [6.07, 6.45) is 0. The van der Waals surface area contributed by atoms with Crippen LogP contribution in [0.5, 0.6) is 0 Å². The Labute approximate surface area is 129 Å². The summed E-state index contributed by atoms with van der Waals surface area (Å²) in [5.74, 6) is 0.337. The molecule has 2 atom stereocenters. The number of likely N-dealkylation sites (N-methyl/N-ethyl adjacent to an activating group) is 1. The van der Waals surface area contributed by atoms with Gasteiger partial charge in [0.1, 0.15) is 0 Å². The van der Waals surface area contributed by atoms with E-state index < -0.39 is 9.84 Å². The molecule has 2 saturated heterocycles. The standard InChI is InChI=1S/C13H15ClN2O2S2/c1-2-15-11-7-20(17,18)8-12(11)16(13(15)19)10-5-3-4-9(14)6-10/h3-6,11-12H,2,7-8H2,1H3/t11-,12-/m0/s1. The number of fused-ring (bicyclic) bond motifs is 1. The van der Waals surface area contributed by atoms with Crippen LogP contribution in [0.1, 0.15) is 6.92 Å². The third-order valence-corrected chi connectivity index (χ3v) is 6.27. The SMILES string of the molecule is CCN1C(=S)N(c2cccc(Cl)c2)[C@H]2CS(=O)(=O)C[C@@H]21. The summed E-state index contributed by atoms with van der Waals surface area (Å²) in [6, 6.07) is 7.24. The van der Waals surface area contributed by atoms with E-state index in [0.717, 1.165) is 5.69 Å². The van der Waals surface area contributed by atoms with Gasteiger partial charge in [-0.15, -0.1) is 0 Å². The van der Waals surface area contributed by atoms with Crippen molar-refractivity contribution in [2.75, 3.05) is 23.0 Å². The molecule has 0 amide bonds. The molecule has 0 radical (unpaired) electrons. The Morgan fingerprint density at radius 1 is 1.35 bits per heavy atom. The van der Waals surface area contributed by atoms with Gasteiger partial charge in [0.15, 0.2) is 14.9 Å². The number of hydrogen-bond donors (Lipinski definition) is 0. The molecule has 2 aliphatic rings. The average molecular weight is 331 g/mol. The molecule has 7 heteroatoms. The van der Waals surface area contributed by atoms with Crippen molar-refractivity contribution >= 4 is 44.5 Å². The van der Waals surface area contributed by atoms with Crippen molar-refractivity contribution in [1.29, 1.82) is 0 Å². The summed E-state index contributed by atoms with van der Waals surface area (Å²) in [7, 11) is -3.00. The molecule has 2 aliphatic heterocycles. The lowest BCUT2D eigenvalue weighted by molar-refractivity contribution is 0.373. The summed E-state index contributed by atoms with van der Waals surface area (Å²) >= 11 is 11.6. The van der Waals surface area contributed by atoms with Crippen molar-refractivity contribution in [3.8, 4) is 0 Å². The molecule has 0 aromatic heterocycles. The molecule has 108 valence electrons. The molecule has 0 N–H and O–H groups in total. The predicted molar refractivity (Wildman–Crippen MR) is 85.1 cm³/mol. The van der Waals surface area contributed by atoms with Gasteiger partial charge in [-0.3, -0.25) is 0 Å². The van der Waals surface area contributed by atoms with E-state index in [2.05, 4.69) is 0 Å². The van der Waals surface area contributed by atoms with Gasteiger partial charge in [-0.05, 0) is 37.3 Å². The quantitative estimate of drug-likeness (QED) is 0.775. The van der Waals surface area contributed by atoms with Crippen molar-refractivity contribution in [3.05, 3.63) is 29.3 Å². The number of rotatable bonds is 2. The van der Waals surface area contributed by atoms with E-state index in [-0.39, 0.29) is 23.6 Å². The van der Waals surface area contributed by atoms with E-state index in [0.29, 0.717) is 16.7 Å². The molecule has 1 aromatic rings. The van der Waals surface area contributed by atoms with Gasteiger partial charge in [0.2, 0.25) is 0 Å². The van der Waals surface area contributed by atoms with E-state index in [1.54, 1.807) is 6.07 Å². The number of thiocarbonyl (C=S) groups is 1. The lowest BCUT2D eigenvalue weighted by Crippen LogP contribution is -2.37. The van der Waals surface area contributed by atoms with Crippen LogP contribution in [0.15, 0.2) is 24.3 Å². The number of sulfone groups is 1. The van der Waals surface area contributed by atoms with E-state index in [9.17, 15) is 8.42 Å². The third kappa shape index (κ3) is 2.19.